The van der Waals surface area contributed by atoms with Gasteiger partial charge in [0.15, 0.2) is 0 Å². The third-order valence-corrected chi connectivity index (χ3v) is 3.34. The second-order valence-corrected chi connectivity index (χ2v) is 4.88. The molecule has 20 heavy (non-hydrogen) atoms. The van der Waals surface area contributed by atoms with Gasteiger partial charge in [-0.15, -0.1) is 0 Å². The summed E-state index contributed by atoms with van der Waals surface area (Å²) in [7, 11) is 0. The number of rotatable bonds is 4. The zero-order valence-electron chi connectivity index (χ0n) is 11.7. The van der Waals surface area contributed by atoms with Crippen molar-refractivity contribution in [3.8, 4) is 22.6 Å². The fourth-order valence-electron chi connectivity index (χ4n) is 2.39. The highest BCUT2D eigenvalue weighted by Crippen LogP contribution is 2.24. The molecule has 0 atom stereocenters. The molecule has 1 heterocycles. The van der Waals surface area contributed by atoms with E-state index < -0.39 is 0 Å². The zero-order chi connectivity index (χ0) is 13.8. The Morgan fingerprint density at radius 1 is 0.850 bits per heavy atom. The van der Waals surface area contributed by atoms with Gasteiger partial charge in [0.2, 0.25) is 0 Å². The Morgan fingerprint density at radius 3 is 2.05 bits per heavy atom. The van der Waals surface area contributed by atoms with Crippen LogP contribution >= 0.6 is 0 Å². The Bertz CT molecular complexity index is 669. The van der Waals surface area contributed by atoms with Crippen molar-refractivity contribution >= 4 is 0 Å². The molecular weight excluding hydrogens is 244 g/mol. The van der Waals surface area contributed by atoms with Crippen molar-refractivity contribution in [2.45, 2.75) is 19.9 Å². The maximum Gasteiger partial charge on any atom is 0.140 e. The smallest absolute Gasteiger partial charge is 0.140 e. The Morgan fingerprint density at radius 2 is 1.45 bits per heavy atom. The van der Waals surface area contributed by atoms with E-state index in [2.05, 4.69) is 66.2 Å². The number of hydrogen-bond acceptors (Lipinski definition) is 1. The standard InChI is InChI=1S/C18H18N2/c1-2-13-20-14-17(15-9-5-3-6-10-15)19-18(20)16-11-7-4-8-12-16/h3-12,14H,2,13H2,1H3. The van der Waals surface area contributed by atoms with E-state index in [1.54, 1.807) is 0 Å². The molecule has 0 fully saturated rings. The van der Waals surface area contributed by atoms with Crippen LogP contribution in [-0.4, -0.2) is 9.55 Å². The first kappa shape index (κ1) is 12.7. The van der Waals surface area contributed by atoms with Crippen molar-refractivity contribution in [1.82, 2.24) is 9.55 Å². The molecule has 2 nitrogen and oxygen atoms in total. The highest BCUT2D eigenvalue weighted by molar-refractivity contribution is 5.64. The molecule has 0 amide bonds. The minimum Gasteiger partial charge on any atom is -0.330 e. The summed E-state index contributed by atoms with van der Waals surface area (Å²) in [4.78, 5) is 4.83. The lowest BCUT2D eigenvalue weighted by Crippen LogP contribution is -1.97. The number of benzene rings is 2. The molecule has 0 aliphatic heterocycles. The van der Waals surface area contributed by atoms with E-state index >= 15 is 0 Å². The van der Waals surface area contributed by atoms with E-state index in [0.717, 1.165) is 24.5 Å². The van der Waals surface area contributed by atoms with Crippen molar-refractivity contribution in [2.24, 2.45) is 0 Å². The van der Waals surface area contributed by atoms with Crippen LogP contribution in [0.1, 0.15) is 13.3 Å². The van der Waals surface area contributed by atoms with E-state index in [1.165, 1.54) is 11.1 Å². The predicted molar refractivity (Wildman–Crippen MR) is 83.4 cm³/mol. The number of imidazole rings is 1. The first-order valence-corrected chi connectivity index (χ1v) is 7.06. The van der Waals surface area contributed by atoms with E-state index in [1.807, 2.05) is 12.1 Å². The first-order valence-electron chi connectivity index (χ1n) is 7.06. The number of hydrogen-bond donors (Lipinski definition) is 0. The SMILES string of the molecule is CCCn1cc(-c2ccccc2)nc1-c1ccccc1. The number of nitrogens with zero attached hydrogens (tertiary/aromatic N) is 2. The third-order valence-electron chi connectivity index (χ3n) is 3.34. The average molecular weight is 262 g/mol. The highest BCUT2D eigenvalue weighted by atomic mass is 15.1. The van der Waals surface area contributed by atoms with Crippen molar-refractivity contribution in [2.75, 3.05) is 0 Å². The Hall–Kier alpha value is -2.35. The van der Waals surface area contributed by atoms with Crippen LogP contribution in [0, 0.1) is 0 Å². The van der Waals surface area contributed by atoms with Crippen LogP contribution in [-0.2, 0) is 6.54 Å². The monoisotopic (exact) mass is 262 g/mol. The summed E-state index contributed by atoms with van der Waals surface area (Å²) in [6, 6.07) is 20.7. The molecule has 2 heteroatoms. The maximum atomic E-state index is 4.83. The molecule has 0 unspecified atom stereocenters. The molecule has 0 radical (unpaired) electrons. The van der Waals surface area contributed by atoms with Crippen molar-refractivity contribution in [3.05, 3.63) is 66.9 Å². The fourth-order valence-corrected chi connectivity index (χ4v) is 2.39. The van der Waals surface area contributed by atoms with Gasteiger partial charge in [0.25, 0.3) is 0 Å². The summed E-state index contributed by atoms with van der Waals surface area (Å²) in [6.45, 7) is 3.18. The van der Waals surface area contributed by atoms with E-state index in [4.69, 9.17) is 4.98 Å². The average Bonchev–Trinajstić information content (AvgIpc) is 2.94. The minimum absolute atomic E-state index is 0.990. The molecule has 0 bridgehead atoms. The third kappa shape index (κ3) is 2.50. The summed E-state index contributed by atoms with van der Waals surface area (Å²) in [5, 5.41) is 0. The molecule has 3 aromatic rings. The molecule has 2 aromatic carbocycles. The molecule has 3 rings (SSSR count). The van der Waals surface area contributed by atoms with Gasteiger partial charge in [-0.25, -0.2) is 4.98 Å². The molecule has 0 saturated carbocycles. The normalized spacial score (nSPS) is 10.7. The van der Waals surface area contributed by atoms with E-state index in [-0.39, 0.29) is 0 Å². The van der Waals surface area contributed by atoms with Gasteiger partial charge in [-0.2, -0.15) is 0 Å². The van der Waals surface area contributed by atoms with Crippen LogP contribution in [0.4, 0.5) is 0 Å². The van der Waals surface area contributed by atoms with Crippen LogP contribution in [0.3, 0.4) is 0 Å². The van der Waals surface area contributed by atoms with Gasteiger partial charge >= 0.3 is 0 Å². The van der Waals surface area contributed by atoms with E-state index in [9.17, 15) is 0 Å². The summed E-state index contributed by atoms with van der Waals surface area (Å²) in [5.74, 6) is 1.05. The molecule has 0 aliphatic rings. The largest absolute Gasteiger partial charge is 0.330 e. The van der Waals surface area contributed by atoms with E-state index in [0.29, 0.717) is 0 Å². The lowest BCUT2D eigenvalue weighted by Gasteiger charge is -2.05. The molecule has 0 saturated heterocycles. The molecule has 0 spiro atoms. The van der Waals surface area contributed by atoms with Crippen molar-refractivity contribution in [3.63, 3.8) is 0 Å². The van der Waals surface area contributed by atoms with Crippen LogP contribution < -0.4 is 0 Å². The van der Waals surface area contributed by atoms with Crippen LogP contribution in [0.15, 0.2) is 66.9 Å². The van der Waals surface area contributed by atoms with Gasteiger partial charge in [0, 0.05) is 23.9 Å². The predicted octanol–water partition coefficient (Wildman–Crippen LogP) is 4.63. The first-order chi connectivity index (χ1) is 9.88. The van der Waals surface area contributed by atoms with Crippen LogP contribution in [0.2, 0.25) is 0 Å². The molecule has 0 aliphatic carbocycles. The molecular formula is C18H18N2. The summed E-state index contributed by atoms with van der Waals surface area (Å²) >= 11 is 0. The number of aryl methyl sites for hydroxylation is 1. The van der Waals surface area contributed by atoms with Gasteiger partial charge in [-0.1, -0.05) is 67.6 Å². The number of aromatic nitrogens is 2. The maximum absolute atomic E-state index is 4.83. The second-order valence-electron chi connectivity index (χ2n) is 4.88. The van der Waals surface area contributed by atoms with Crippen LogP contribution in [0.25, 0.3) is 22.6 Å². The van der Waals surface area contributed by atoms with Gasteiger partial charge < -0.3 is 4.57 Å². The summed E-state index contributed by atoms with van der Waals surface area (Å²) in [6.07, 6.45) is 3.26. The van der Waals surface area contributed by atoms with Gasteiger partial charge in [-0.3, -0.25) is 0 Å². The fraction of sp³-hybridized carbons (Fsp3) is 0.167. The Balaban J connectivity index is 2.08. The van der Waals surface area contributed by atoms with Crippen molar-refractivity contribution in [1.29, 1.82) is 0 Å². The molecule has 0 N–H and O–H groups in total. The quantitative estimate of drug-likeness (QED) is 0.670. The Labute approximate surface area is 119 Å². The minimum atomic E-state index is 0.990. The summed E-state index contributed by atoms with van der Waals surface area (Å²) < 4.78 is 2.25. The van der Waals surface area contributed by atoms with Crippen molar-refractivity contribution < 1.29 is 0 Å². The lowest BCUT2D eigenvalue weighted by molar-refractivity contribution is 0.685. The van der Waals surface area contributed by atoms with Gasteiger partial charge in [0.1, 0.15) is 5.82 Å². The topological polar surface area (TPSA) is 17.8 Å². The van der Waals surface area contributed by atoms with Gasteiger partial charge in [-0.05, 0) is 6.42 Å². The Kier molecular flexibility index (Phi) is 3.64. The summed E-state index contributed by atoms with van der Waals surface area (Å²) in [5.41, 5.74) is 3.38. The molecule has 1 aromatic heterocycles. The zero-order valence-corrected chi connectivity index (χ0v) is 11.7. The second kappa shape index (κ2) is 5.74. The molecule has 100 valence electrons. The lowest BCUT2D eigenvalue weighted by atomic mass is 10.2. The highest BCUT2D eigenvalue weighted by Gasteiger charge is 2.10. The van der Waals surface area contributed by atoms with Crippen LogP contribution in [0.5, 0.6) is 0 Å². The van der Waals surface area contributed by atoms with Gasteiger partial charge in [0.05, 0.1) is 5.69 Å².